The van der Waals surface area contributed by atoms with E-state index in [1.54, 1.807) is 12.1 Å². The second kappa shape index (κ2) is 9.71. The van der Waals surface area contributed by atoms with Crippen molar-refractivity contribution in [3.05, 3.63) is 64.9 Å². The van der Waals surface area contributed by atoms with E-state index in [1.165, 1.54) is 31.5 Å². The lowest BCUT2D eigenvalue weighted by atomic mass is 9.68. The topological polar surface area (TPSA) is 94.6 Å². The fourth-order valence-electron chi connectivity index (χ4n) is 3.65. The summed E-state index contributed by atoms with van der Waals surface area (Å²) in [4.78, 5) is 41.0. The van der Waals surface area contributed by atoms with Crippen molar-refractivity contribution in [3.8, 4) is 0 Å². The van der Waals surface area contributed by atoms with Gasteiger partial charge in [0.25, 0.3) is 0 Å². The minimum absolute atomic E-state index is 0.0410. The molecule has 2 aromatic rings. The first-order chi connectivity index (χ1) is 14.4. The molecule has 8 heteroatoms. The molecule has 1 unspecified atom stereocenters. The number of halogens is 1. The van der Waals surface area contributed by atoms with E-state index in [-0.39, 0.29) is 12.3 Å². The number of hydrogen-bond acceptors (Lipinski definition) is 6. The van der Waals surface area contributed by atoms with Gasteiger partial charge < -0.3 is 14.8 Å². The highest BCUT2D eigenvalue weighted by Gasteiger charge is 2.43. The number of nitrogens with zero attached hydrogens (tertiary/aromatic N) is 1. The monoisotopic (exact) mass is 430 g/mol. The zero-order chi connectivity index (χ0) is 21.6. The van der Waals surface area contributed by atoms with Gasteiger partial charge in [-0.1, -0.05) is 36.2 Å². The first-order valence-corrected chi connectivity index (χ1v) is 10.1. The summed E-state index contributed by atoms with van der Waals surface area (Å²) in [5.41, 5.74) is 0.104. The highest BCUT2D eigenvalue weighted by Crippen LogP contribution is 2.39. The van der Waals surface area contributed by atoms with Crippen molar-refractivity contribution in [1.82, 2.24) is 10.3 Å². The molecule has 2 atom stereocenters. The number of esters is 1. The molecule has 1 aromatic carbocycles. The van der Waals surface area contributed by atoms with Crippen LogP contribution in [0.3, 0.4) is 0 Å². The molecule has 1 aromatic heterocycles. The van der Waals surface area contributed by atoms with Crippen LogP contribution in [0.1, 0.15) is 48.5 Å². The minimum Gasteiger partial charge on any atom is -0.422 e. The van der Waals surface area contributed by atoms with Gasteiger partial charge in [-0.05, 0) is 36.6 Å². The van der Waals surface area contributed by atoms with Crippen molar-refractivity contribution in [3.63, 3.8) is 0 Å². The number of ketones is 1. The Bertz CT molecular complexity index is 921. The van der Waals surface area contributed by atoms with Gasteiger partial charge >= 0.3 is 12.1 Å². The summed E-state index contributed by atoms with van der Waals surface area (Å²) < 4.78 is 10.2. The van der Waals surface area contributed by atoms with Crippen LogP contribution in [0, 0.1) is 0 Å². The Morgan fingerprint density at radius 1 is 1.17 bits per heavy atom. The molecule has 0 radical (unpaired) electrons. The third-order valence-electron chi connectivity index (χ3n) is 5.18. The van der Waals surface area contributed by atoms with Gasteiger partial charge in [0.05, 0.1) is 11.0 Å². The molecule has 0 spiro atoms. The first kappa shape index (κ1) is 21.8. The van der Waals surface area contributed by atoms with Crippen LogP contribution in [-0.2, 0) is 19.7 Å². The van der Waals surface area contributed by atoms with E-state index < -0.39 is 23.8 Å². The summed E-state index contributed by atoms with van der Waals surface area (Å²) in [7, 11) is 0. The highest BCUT2D eigenvalue weighted by atomic mass is 35.5. The summed E-state index contributed by atoms with van der Waals surface area (Å²) in [6.45, 7) is 1.49. The van der Waals surface area contributed by atoms with Crippen LogP contribution in [0.5, 0.6) is 0 Å². The van der Waals surface area contributed by atoms with Crippen LogP contribution >= 0.6 is 11.6 Å². The standard InChI is InChI=1S/C22H23ClN2O5/c1-15(29-20(27)16-9-12-24-13-10-16)30-21(28)25-14-22(11-5-4-8-19(22)26)17-6-2-3-7-18(17)23/h2-3,6-7,9-10,12-13,15H,4-5,8,11,14H2,1H3,(H,25,28)/t15?,22-/m1/s1. The van der Waals surface area contributed by atoms with Crippen molar-refractivity contribution in [2.75, 3.05) is 6.54 Å². The van der Waals surface area contributed by atoms with Gasteiger partial charge in [-0.25, -0.2) is 9.59 Å². The average molecular weight is 431 g/mol. The zero-order valence-corrected chi connectivity index (χ0v) is 17.4. The first-order valence-electron chi connectivity index (χ1n) is 9.76. The quantitative estimate of drug-likeness (QED) is 0.548. The molecule has 1 N–H and O–H groups in total. The Labute approximate surface area is 179 Å². The number of benzene rings is 1. The number of amides is 1. The van der Waals surface area contributed by atoms with Crippen molar-refractivity contribution in [1.29, 1.82) is 0 Å². The normalized spacial score (nSPS) is 19.6. The van der Waals surface area contributed by atoms with E-state index in [0.717, 1.165) is 12.8 Å². The molecule has 1 amide bonds. The van der Waals surface area contributed by atoms with E-state index in [9.17, 15) is 14.4 Å². The number of alkyl carbamates (subject to hydrolysis) is 1. The van der Waals surface area contributed by atoms with Crippen LogP contribution < -0.4 is 5.32 Å². The summed E-state index contributed by atoms with van der Waals surface area (Å²) in [6, 6.07) is 10.2. The van der Waals surface area contributed by atoms with Gasteiger partial charge in [0, 0.05) is 37.3 Å². The molecule has 0 saturated heterocycles. The molecular formula is C22H23ClN2O5. The van der Waals surface area contributed by atoms with Gasteiger partial charge in [-0.3, -0.25) is 9.78 Å². The molecule has 0 bridgehead atoms. The van der Waals surface area contributed by atoms with Crippen LogP contribution in [0.2, 0.25) is 5.02 Å². The van der Waals surface area contributed by atoms with E-state index in [2.05, 4.69) is 10.3 Å². The molecule has 1 fully saturated rings. The molecule has 0 aliphatic heterocycles. The average Bonchev–Trinajstić information content (AvgIpc) is 2.74. The van der Waals surface area contributed by atoms with E-state index >= 15 is 0 Å². The van der Waals surface area contributed by atoms with E-state index in [1.807, 2.05) is 12.1 Å². The minimum atomic E-state index is -1.11. The van der Waals surface area contributed by atoms with E-state index in [4.69, 9.17) is 21.1 Å². The Hall–Kier alpha value is -2.93. The van der Waals surface area contributed by atoms with Crippen molar-refractivity contribution >= 4 is 29.4 Å². The Morgan fingerprint density at radius 3 is 2.60 bits per heavy atom. The maximum Gasteiger partial charge on any atom is 0.410 e. The number of Topliss-reactive ketones (excluding diaryl/α,β-unsaturated/α-hetero) is 1. The number of rotatable bonds is 6. The molecule has 3 rings (SSSR count). The van der Waals surface area contributed by atoms with Gasteiger partial charge in [-0.15, -0.1) is 0 Å². The van der Waals surface area contributed by atoms with Crippen molar-refractivity contribution in [2.24, 2.45) is 0 Å². The Balaban J connectivity index is 1.63. The second-order valence-corrected chi connectivity index (χ2v) is 7.57. The lowest BCUT2D eigenvalue weighted by Crippen LogP contribution is -2.49. The summed E-state index contributed by atoms with van der Waals surface area (Å²) in [5, 5.41) is 3.14. The zero-order valence-electron chi connectivity index (χ0n) is 16.6. The third kappa shape index (κ3) is 4.97. The molecule has 158 valence electrons. The fraction of sp³-hybridized carbons (Fsp3) is 0.364. The number of nitrogens with one attached hydrogen (secondary N) is 1. The predicted molar refractivity (Wildman–Crippen MR) is 110 cm³/mol. The number of aromatic nitrogens is 1. The van der Waals surface area contributed by atoms with E-state index in [0.29, 0.717) is 29.0 Å². The summed E-state index contributed by atoms with van der Waals surface area (Å²) >= 11 is 6.37. The number of carbonyl (C=O) groups is 3. The molecule has 1 saturated carbocycles. The predicted octanol–water partition coefficient (Wildman–Crippen LogP) is 4.05. The molecule has 7 nitrogen and oxygen atoms in total. The van der Waals surface area contributed by atoms with Crippen LogP contribution in [0.15, 0.2) is 48.8 Å². The molecular weight excluding hydrogens is 408 g/mol. The van der Waals surface area contributed by atoms with Gasteiger partial charge in [0.2, 0.25) is 6.29 Å². The van der Waals surface area contributed by atoms with Gasteiger partial charge in [0.1, 0.15) is 5.78 Å². The summed E-state index contributed by atoms with van der Waals surface area (Å²) in [6.07, 6.45) is 3.72. The van der Waals surface area contributed by atoms with Crippen LogP contribution in [0.4, 0.5) is 4.79 Å². The Morgan fingerprint density at radius 2 is 1.90 bits per heavy atom. The van der Waals surface area contributed by atoms with Crippen LogP contribution in [0.25, 0.3) is 0 Å². The van der Waals surface area contributed by atoms with Gasteiger partial charge in [-0.2, -0.15) is 0 Å². The van der Waals surface area contributed by atoms with Crippen molar-refractivity contribution < 1.29 is 23.9 Å². The number of ether oxygens (including phenoxy) is 2. The molecule has 1 heterocycles. The second-order valence-electron chi connectivity index (χ2n) is 7.16. The molecule has 1 aliphatic carbocycles. The third-order valence-corrected chi connectivity index (χ3v) is 5.51. The largest absolute Gasteiger partial charge is 0.422 e. The SMILES string of the molecule is CC(OC(=O)NC[C@@]1(c2ccccc2Cl)CCCCC1=O)OC(=O)c1ccncc1. The smallest absolute Gasteiger partial charge is 0.410 e. The lowest BCUT2D eigenvalue weighted by molar-refractivity contribution is -0.126. The number of pyridine rings is 1. The summed E-state index contributed by atoms with van der Waals surface area (Å²) in [5.74, 6) is -0.591. The van der Waals surface area contributed by atoms with Crippen LogP contribution in [-0.4, -0.2) is 35.7 Å². The van der Waals surface area contributed by atoms with Crippen molar-refractivity contribution in [2.45, 2.75) is 44.3 Å². The lowest BCUT2D eigenvalue weighted by Gasteiger charge is -2.36. The highest BCUT2D eigenvalue weighted by molar-refractivity contribution is 6.31. The maximum absolute atomic E-state index is 12.9. The molecule has 30 heavy (non-hydrogen) atoms. The molecule has 1 aliphatic rings. The number of carbonyl (C=O) groups excluding carboxylic acids is 3. The number of hydrogen-bond donors (Lipinski definition) is 1. The Kier molecular flexibility index (Phi) is 7.05. The van der Waals surface area contributed by atoms with Gasteiger partial charge in [0.15, 0.2) is 0 Å². The maximum atomic E-state index is 12.9. The fourth-order valence-corrected chi connectivity index (χ4v) is 3.97.